The van der Waals surface area contributed by atoms with Gasteiger partial charge in [0.05, 0.1) is 11.4 Å². The molecule has 2 aromatic rings. The number of carbonyl (C=O) groups is 1. The van der Waals surface area contributed by atoms with Crippen molar-refractivity contribution in [2.45, 2.75) is 17.7 Å². The van der Waals surface area contributed by atoms with Crippen LogP contribution in [0.15, 0.2) is 53.4 Å². The van der Waals surface area contributed by atoms with E-state index in [4.69, 9.17) is 5.14 Å². The molecule has 0 aromatic heterocycles. The number of nitrogens with two attached hydrogens (primary N) is 2. The average molecular weight is 360 g/mol. The maximum atomic E-state index is 12.4. The highest BCUT2D eigenvalue weighted by molar-refractivity contribution is 7.89. The van der Waals surface area contributed by atoms with Crippen LogP contribution in [-0.2, 0) is 27.7 Å². The molecule has 3 rings (SSSR count). The van der Waals surface area contributed by atoms with Crippen LogP contribution in [0.1, 0.15) is 11.1 Å². The summed E-state index contributed by atoms with van der Waals surface area (Å²) in [7, 11) is -3.65. The summed E-state index contributed by atoms with van der Waals surface area (Å²) >= 11 is 0. The predicted molar refractivity (Wildman–Crippen MR) is 95.7 cm³/mol. The normalized spacial score (nSPS) is 13.7. The molecule has 1 aliphatic heterocycles. The molecule has 0 unspecified atom stereocenters. The second kappa shape index (κ2) is 7.35. The Bertz CT molecular complexity index is 863. The minimum atomic E-state index is -3.65. The Labute approximate surface area is 147 Å². The molecule has 0 atom stereocenters. The number of benzene rings is 2. The van der Waals surface area contributed by atoms with Gasteiger partial charge in [0.25, 0.3) is 5.91 Å². The third-order valence-corrected chi connectivity index (χ3v) is 5.33. The summed E-state index contributed by atoms with van der Waals surface area (Å²) in [6.45, 7) is 1.92. The van der Waals surface area contributed by atoms with E-state index in [0.717, 1.165) is 37.2 Å². The smallest absolute Gasteiger partial charge is 0.282 e. The maximum absolute atomic E-state index is 12.4. The summed E-state index contributed by atoms with van der Waals surface area (Å²) < 4.78 is 22.4. The summed E-state index contributed by atoms with van der Waals surface area (Å²) in [6, 6.07) is 14.6. The molecular formula is C18H22N3O3S+. The standard InChI is InChI=1S/C18H21N3O3S/c19-25(23,24)16-7-5-14(6-8-16)9-11-20-13-18(22)21-12-10-15-3-1-2-4-17(15)21/h1-8,20H,9-13H2,(H2,19,23,24)/p+1. The highest BCUT2D eigenvalue weighted by Crippen LogP contribution is 2.26. The Hall–Kier alpha value is -2.22. The molecule has 2 aromatic carbocycles. The second-order valence-corrected chi connectivity index (χ2v) is 7.71. The number of amides is 1. The van der Waals surface area contributed by atoms with Crippen molar-refractivity contribution >= 4 is 21.6 Å². The van der Waals surface area contributed by atoms with Crippen LogP contribution in [0.25, 0.3) is 0 Å². The summed E-state index contributed by atoms with van der Waals surface area (Å²) in [4.78, 5) is 14.4. The lowest BCUT2D eigenvalue weighted by Crippen LogP contribution is -2.87. The molecule has 1 aliphatic rings. The molecular weight excluding hydrogens is 338 g/mol. The number of primary sulfonamides is 1. The number of nitrogens with zero attached hydrogens (tertiary/aromatic N) is 1. The average Bonchev–Trinajstić information content (AvgIpc) is 3.02. The van der Waals surface area contributed by atoms with Gasteiger partial charge in [0.2, 0.25) is 10.0 Å². The maximum Gasteiger partial charge on any atom is 0.282 e. The van der Waals surface area contributed by atoms with Crippen molar-refractivity contribution in [1.29, 1.82) is 0 Å². The number of rotatable bonds is 6. The summed E-state index contributed by atoms with van der Waals surface area (Å²) in [5, 5.41) is 7.06. The van der Waals surface area contributed by atoms with Gasteiger partial charge in [-0.1, -0.05) is 30.3 Å². The lowest BCUT2D eigenvalue weighted by atomic mass is 10.1. The molecule has 132 valence electrons. The van der Waals surface area contributed by atoms with E-state index in [1.54, 1.807) is 12.1 Å². The molecule has 1 heterocycles. The number of quaternary nitrogens is 1. The number of sulfonamides is 1. The van der Waals surface area contributed by atoms with Crippen molar-refractivity contribution in [1.82, 2.24) is 0 Å². The van der Waals surface area contributed by atoms with Gasteiger partial charge in [-0.3, -0.25) is 4.79 Å². The SMILES string of the molecule is NS(=O)(=O)c1ccc(CC[NH2+]CC(=O)N2CCc3ccccc32)cc1. The topological polar surface area (TPSA) is 97.1 Å². The van der Waals surface area contributed by atoms with Gasteiger partial charge in [0.15, 0.2) is 6.54 Å². The van der Waals surface area contributed by atoms with Crippen molar-refractivity contribution in [2.75, 3.05) is 24.5 Å². The fourth-order valence-electron chi connectivity index (χ4n) is 3.05. The van der Waals surface area contributed by atoms with Gasteiger partial charge in [0, 0.05) is 18.7 Å². The Morgan fingerprint density at radius 2 is 1.84 bits per heavy atom. The summed E-state index contributed by atoms with van der Waals surface area (Å²) in [6.07, 6.45) is 1.67. The number of hydrogen-bond donors (Lipinski definition) is 2. The first-order valence-corrected chi connectivity index (χ1v) is 9.81. The number of para-hydroxylation sites is 1. The fraction of sp³-hybridized carbons (Fsp3) is 0.278. The van der Waals surface area contributed by atoms with Gasteiger partial charge in [-0.15, -0.1) is 0 Å². The van der Waals surface area contributed by atoms with Gasteiger partial charge in [-0.05, 0) is 35.7 Å². The molecule has 0 saturated carbocycles. The zero-order valence-electron chi connectivity index (χ0n) is 13.9. The summed E-state index contributed by atoms with van der Waals surface area (Å²) in [5.74, 6) is 0.120. The molecule has 0 radical (unpaired) electrons. The van der Waals surface area contributed by atoms with E-state index in [0.29, 0.717) is 6.54 Å². The van der Waals surface area contributed by atoms with Crippen molar-refractivity contribution in [3.63, 3.8) is 0 Å². The van der Waals surface area contributed by atoms with Gasteiger partial charge in [0.1, 0.15) is 0 Å². The van der Waals surface area contributed by atoms with Crippen LogP contribution in [0, 0.1) is 0 Å². The molecule has 6 nitrogen and oxygen atoms in total. The minimum Gasteiger partial charge on any atom is -0.338 e. The van der Waals surface area contributed by atoms with E-state index in [-0.39, 0.29) is 10.8 Å². The molecule has 0 aliphatic carbocycles. The zero-order chi connectivity index (χ0) is 17.9. The molecule has 0 saturated heterocycles. The van der Waals surface area contributed by atoms with E-state index in [9.17, 15) is 13.2 Å². The van der Waals surface area contributed by atoms with Crippen molar-refractivity contribution in [3.05, 3.63) is 59.7 Å². The van der Waals surface area contributed by atoms with E-state index >= 15 is 0 Å². The third-order valence-electron chi connectivity index (χ3n) is 4.40. The minimum absolute atomic E-state index is 0.114. The molecule has 0 spiro atoms. The Morgan fingerprint density at radius 1 is 1.12 bits per heavy atom. The molecule has 7 heteroatoms. The molecule has 0 fully saturated rings. The molecule has 1 amide bonds. The Kier molecular flexibility index (Phi) is 5.17. The fourth-order valence-corrected chi connectivity index (χ4v) is 3.56. The van der Waals surface area contributed by atoms with Crippen LogP contribution in [0.3, 0.4) is 0 Å². The largest absolute Gasteiger partial charge is 0.338 e. The van der Waals surface area contributed by atoms with E-state index in [2.05, 4.69) is 6.07 Å². The van der Waals surface area contributed by atoms with E-state index < -0.39 is 10.0 Å². The van der Waals surface area contributed by atoms with Crippen LogP contribution in [-0.4, -0.2) is 34.0 Å². The number of carbonyl (C=O) groups excluding carboxylic acids is 1. The van der Waals surface area contributed by atoms with Gasteiger partial charge in [-0.2, -0.15) is 0 Å². The first kappa shape index (κ1) is 17.6. The quantitative estimate of drug-likeness (QED) is 0.711. The summed E-state index contributed by atoms with van der Waals surface area (Å²) in [5.41, 5.74) is 3.27. The Morgan fingerprint density at radius 3 is 2.56 bits per heavy atom. The van der Waals surface area contributed by atoms with Crippen molar-refractivity contribution in [3.8, 4) is 0 Å². The second-order valence-electron chi connectivity index (χ2n) is 6.14. The number of hydrogen-bond acceptors (Lipinski definition) is 3. The van der Waals surface area contributed by atoms with Gasteiger partial charge in [-0.25, -0.2) is 13.6 Å². The monoisotopic (exact) mass is 360 g/mol. The number of fused-ring (bicyclic) bond motifs is 1. The molecule has 25 heavy (non-hydrogen) atoms. The van der Waals surface area contributed by atoms with Crippen molar-refractivity contribution in [2.24, 2.45) is 5.14 Å². The zero-order valence-corrected chi connectivity index (χ0v) is 14.7. The lowest BCUT2D eigenvalue weighted by molar-refractivity contribution is -0.643. The highest BCUT2D eigenvalue weighted by Gasteiger charge is 2.24. The van der Waals surface area contributed by atoms with E-state index in [1.807, 2.05) is 28.4 Å². The van der Waals surface area contributed by atoms with Gasteiger partial charge >= 0.3 is 0 Å². The van der Waals surface area contributed by atoms with Crippen LogP contribution in [0.4, 0.5) is 5.69 Å². The van der Waals surface area contributed by atoms with Crippen LogP contribution >= 0.6 is 0 Å². The van der Waals surface area contributed by atoms with Crippen molar-refractivity contribution < 1.29 is 18.5 Å². The third kappa shape index (κ3) is 4.25. The molecule has 4 N–H and O–H groups in total. The van der Waals surface area contributed by atoms with Gasteiger partial charge < -0.3 is 10.2 Å². The van der Waals surface area contributed by atoms with Crippen LogP contribution in [0.5, 0.6) is 0 Å². The van der Waals surface area contributed by atoms with E-state index in [1.165, 1.54) is 17.7 Å². The Balaban J connectivity index is 1.47. The first-order valence-electron chi connectivity index (χ1n) is 8.27. The number of anilines is 1. The predicted octanol–water partition coefficient (Wildman–Crippen LogP) is 0.0292. The van der Waals surface area contributed by atoms with Crippen LogP contribution < -0.4 is 15.4 Å². The first-order chi connectivity index (χ1) is 11.9. The van der Waals surface area contributed by atoms with Crippen LogP contribution in [0.2, 0.25) is 0 Å². The lowest BCUT2D eigenvalue weighted by Gasteiger charge is -2.16. The highest BCUT2D eigenvalue weighted by atomic mass is 32.2. The molecule has 0 bridgehead atoms.